The molecule has 0 bridgehead atoms. The van der Waals surface area contributed by atoms with Gasteiger partial charge in [-0.3, -0.25) is 0 Å². The molecule has 0 spiro atoms. The Balaban J connectivity index is 2.37. The van der Waals surface area contributed by atoms with Crippen LogP contribution in [0.4, 0.5) is 0 Å². The summed E-state index contributed by atoms with van der Waals surface area (Å²) < 4.78 is 6.26. The van der Waals surface area contributed by atoms with Gasteiger partial charge in [0.05, 0.1) is 14.1 Å². The van der Waals surface area contributed by atoms with Gasteiger partial charge in [0.1, 0.15) is 19.2 Å². The van der Waals surface area contributed by atoms with Crippen LogP contribution < -0.4 is 5.11 Å². The van der Waals surface area contributed by atoms with E-state index >= 15 is 0 Å². The van der Waals surface area contributed by atoms with E-state index < -0.39 is 17.9 Å². The van der Waals surface area contributed by atoms with Crippen LogP contribution in [0.2, 0.25) is 0 Å². The Hall–Kier alpha value is -0.650. The first-order chi connectivity index (χ1) is 10.3. The number of nitrogens with zero attached hydrogens (tertiary/aromatic N) is 1. The third-order valence-corrected chi connectivity index (χ3v) is 4.32. The van der Waals surface area contributed by atoms with Gasteiger partial charge < -0.3 is 24.2 Å². The molecule has 130 valence electrons. The molecule has 1 N–H and O–H groups in total. The Morgan fingerprint density at radius 2 is 1.82 bits per heavy atom. The molecule has 22 heavy (non-hydrogen) atoms. The second-order valence-corrected chi connectivity index (χ2v) is 7.41. The summed E-state index contributed by atoms with van der Waals surface area (Å²) >= 11 is 0. The average Bonchev–Trinajstić information content (AvgIpc) is 2.34. The van der Waals surface area contributed by atoms with Crippen LogP contribution in [0.15, 0.2) is 0 Å². The van der Waals surface area contributed by atoms with Gasteiger partial charge in [0.2, 0.25) is 5.79 Å². The van der Waals surface area contributed by atoms with Crippen molar-refractivity contribution in [2.24, 2.45) is 0 Å². The highest BCUT2D eigenvalue weighted by molar-refractivity contribution is 5.64. The fourth-order valence-electron chi connectivity index (χ4n) is 3.46. The second-order valence-electron chi connectivity index (χ2n) is 7.41. The van der Waals surface area contributed by atoms with Gasteiger partial charge in [0, 0.05) is 18.8 Å². The number of hydrogen-bond acceptors (Lipinski definition) is 4. The summed E-state index contributed by atoms with van der Waals surface area (Å²) in [6.45, 7) is 3.30. The summed E-state index contributed by atoms with van der Waals surface area (Å²) in [7, 11) is 4.00. The van der Waals surface area contributed by atoms with Crippen molar-refractivity contribution in [2.75, 3.05) is 27.2 Å². The maximum absolute atomic E-state index is 10.8. The van der Waals surface area contributed by atoms with Gasteiger partial charge in [-0.15, -0.1) is 0 Å². The predicted molar refractivity (Wildman–Crippen MR) is 83.9 cm³/mol. The summed E-state index contributed by atoms with van der Waals surface area (Å²) in [5.74, 6) is -2.32. The largest absolute Gasteiger partial charge is 0.550 e. The summed E-state index contributed by atoms with van der Waals surface area (Å²) in [5, 5.41) is 21.5. The molecule has 0 aliphatic carbocycles. The van der Waals surface area contributed by atoms with Crippen LogP contribution in [-0.4, -0.2) is 54.6 Å². The highest BCUT2D eigenvalue weighted by Gasteiger charge is 2.44. The molecule has 0 saturated carbocycles. The third kappa shape index (κ3) is 7.56. The first-order valence-electron chi connectivity index (χ1n) is 8.68. The zero-order valence-corrected chi connectivity index (χ0v) is 14.5. The van der Waals surface area contributed by atoms with Crippen molar-refractivity contribution in [3.05, 3.63) is 0 Å². The van der Waals surface area contributed by atoms with E-state index in [1.54, 1.807) is 0 Å². The zero-order valence-electron chi connectivity index (χ0n) is 14.5. The number of ether oxygens (including phenoxy) is 1. The topological polar surface area (TPSA) is 69.6 Å². The molecule has 1 saturated heterocycles. The van der Waals surface area contributed by atoms with Gasteiger partial charge >= 0.3 is 0 Å². The molecule has 0 aromatic rings. The molecule has 5 nitrogen and oxygen atoms in total. The maximum Gasteiger partial charge on any atom is 0.216 e. The van der Waals surface area contributed by atoms with Crippen LogP contribution in [-0.2, 0) is 9.53 Å². The van der Waals surface area contributed by atoms with Crippen molar-refractivity contribution in [3.8, 4) is 0 Å². The molecule has 0 amide bonds. The number of aliphatic hydroxyl groups is 1. The van der Waals surface area contributed by atoms with Gasteiger partial charge in [0.25, 0.3) is 0 Å². The Bertz CT molecular complexity index is 346. The Morgan fingerprint density at radius 1 is 1.23 bits per heavy atom. The summed E-state index contributed by atoms with van der Waals surface area (Å²) in [6, 6.07) is 0. The molecule has 5 heteroatoms. The van der Waals surface area contributed by atoms with E-state index in [9.17, 15) is 15.0 Å². The number of hydrogen-bond donors (Lipinski definition) is 1. The highest BCUT2D eigenvalue weighted by Crippen LogP contribution is 2.28. The first-order valence-corrected chi connectivity index (χ1v) is 8.68. The number of quaternary nitrogens is 1. The third-order valence-electron chi connectivity index (χ3n) is 4.32. The van der Waals surface area contributed by atoms with E-state index in [0.717, 1.165) is 12.8 Å². The number of aliphatic carboxylic acids is 1. The number of rotatable bonds is 10. The SMILES string of the molecule is CCCCCCCCC[C@@]1(O)C[N+](C)(C)C[C@@H](CC(=O)[O-])O1. The number of carbonyl (C=O) groups is 1. The average molecular weight is 315 g/mol. The van der Waals surface area contributed by atoms with Crippen LogP contribution in [0.3, 0.4) is 0 Å². The minimum absolute atomic E-state index is 0.152. The van der Waals surface area contributed by atoms with Crippen molar-refractivity contribution in [2.45, 2.75) is 76.6 Å². The predicted octanol–water partition coefficient (Wildman–Crippen LogP) is 1.43. The van der Waals surface area contributed by atoms with Gasteiger partial charge in [-0.25, -0.2) is 0 Å². The van der Waals surface area contributed by atoms with Gasteiger partial charge in [-0.2, -0.15) is 0 Å². The zero-order chi connectivity index (χ0) is 16.6. The summed E-state index contributed by atoms with van der Waals surface area (Å²) in [6.07, 6.45) is 8.24. The summed E-state index contributed by atoms with van der Waals surface area (Å²) in [4.78, 5) is 10.8. The smallest absolute Gasteiger partial charge is 0.216 e. The fourth-order valence-corrected chi connectivity index (χ4v) is 3.46. The van der Waals surface area contributed by atoms with E-state index in [0.29, 0.717) is 24.0 Å². The van der Waals surface area contributed by atoms with Gasteiger partial charge in [-0.1, -0.05) is 45.4 Å². The molecule has 1 heterocycles. The van der Waals surface area contributed by atoms with E-state index in [1.807, 2.05) is 14.1 Å². The molecule has 1 aliphatic rings. The molecule has 0 radical (unpaired) electrons. The van der Waals surface area contributed by atoms with Crippen molar-refractivity contribution >= 4 is 5.97 Å². The van der Waals surface area contributed by atoms with Crippen LogP contribution in [0.1, 0.15) is 64.7 Å². The Kier molecular flexibility index (Phi) is 7.80. The quantitative estimate of drug-likeness (QED) is 0.489. The van der Waals surface area contributed by atoms with Crippen molar-refractivity contribution in [1.29, 1.82) is 0 Å². The van der Waals surface area contributed by atoms with E-state index in [4.69, 9.17) is 4.74 Å². The number of carboxylic acids is 1. The van der Waals surface area contributed by atoms with Crippen LogP contribution >= 0.6 is 0 Å². The standard InChI is InChI=1S/C17H33NO4/c1-4-5-6-7-8-9-10-11-17(21)14-18(2,3)13-15(22-17)12-16(19)20/h15,21H,4-14H2,1-3H3/t15-,17+/m1/s1. The minimum Gasteiger partial charge on any atom is -0.550 e. The molecule has 0 aromatic heterocycles. The lowest BCUT2D eigenvalue weighted by molar-refractivity contribution is -0.915. The molecule has 0 aromatic carbocycles. The lowest BCUT2D eigenvalue weighted by atomic mass is 10.0. The highest BCUT2D eigenvalue weighted by atomic mass is 16.6. The number of carboxylic acid groups (broad SMARTS) is 1. The maximum atomic E-state index is 10.8. The van der Waals surface area contributed by atoms with E-state index in [-0.39, 0.29) is 6.42 Å². The number of likely N-dealkylation sites (N-methyl/N-ethyl adjacent to an activating group) is 1. The molecule has 1 aliphatic heterocycles. The van der Waals surface area contributed by atoms with Crippen molar-refractivity contribution in [1.82, 2.24) is 0 Å². The molecular weight excluding hydrogens is 282 g/mol. The van der Waals surface area contributed by atoms with Crippen LogP contribution in [0.25, 0.3) is 0 Å². The molecule has 0 unspecified atom stereocenters. The summed E-state index contributed by atoms with van der Waals surface area (Å²) in [5.41, 5.74) is 0. The number of carbonyl (C=O) groups excluding carboxylic acids is 1. The Morgan fingerprint density at radius 3 is 2.41 bits per heavy atom. The van der Waals surface area contributed by atoms with E-state index in [1.165, 1.54) is 32.1 Å². The Labute approximate surface area is 134 Å². The van der Waals surface area contributed by atoms with Crippen molar-refractivity contribution in [3.63, 3.8) is 0 Å². The fraction of sp³-hybridized carbons (Fsp3) is 0.941. The van der Waals surface area contributed by atoms with Crippen LogP contribution in [0, 0.1) is 0 Å². The monoisotopic (exact) mass is 315 g/mol. The minimum atomic E-state index is -1.20. The first kappa shape index (κ1) is 19.4. The number of morpholine rings is 1. The molecule has 1 fully saturated rings. The van der Waals surface area contributed by atoms with Crippen LogP contribution in [0.5, 0.6) is 0 Å². The van der Waals surface area contributed by atoms with Gasteiger partial charge in [0.15, 0.2) is 0 Å². The molecular formula is C17H33NO4. The lowest BCUT2D eigenvalue weighted by Gasteiger charge is -2.46. The second kappa shape index (κ2) is 8.85. The van der Waals surface area contributed by atoms with Gasteiger partial charge in [-0.05, 0) is 6.42 Å². The normalized spacial score (nSPS) is 27.7. The number of unbranched alkanes of at least 4 members (excludes halogenated alkanes) is 6. The lowest BCUT2D eigenvalue weighted by Crippen LogP contribution is -2.63. The van der Waals surface area contributed by atoms with E-state index in [2.05, 4.69) is 6.92 Å². The molecule has 1 rings (SSSR count). The molecule has 2 atom stereocenters. The van der Waals surface area contributed by atoms with Crippen molar-refractivity contribution < 1.29 is 24.2 Å².